The Morgan fingerprint density at radius 2 is 1.07 bits per heavy atom. The van der Waals surface area contributed by atoms with Crippen LogP contribution in [0.1, 0.15) is 51.4 Å². The molecule has 4 heteroatoms. The second kappa shape index (κ2) is 7.55. The molecule has 0 atom stereocenters. The van der Waals surface area contributed by atoms with Gasteiger partial charge in [0.25, 0.3) is 0 Å². The summed E-state index contributed by atoms with van der Waals surface area (Å²) in [5.41, 5.74) is 0. The molecule has 2 aliphatic rings. The normalized spacial score (nSPS) is 22.9. The third-order valence-corrected chi connectivity index (χ3v) is 2.99. The van der Waals surface area contributed by atoms with Gasteiger partial charge in [-0.1, -0.05) is 25.7 Å². The maximum atomic E-state index is 8.50. The van der Waals surface area contributed by atoms with E-state index in [4.69, 9.17) is 11.4 Å². The van der Waals surface area contributed by atoms with Gasteiger partial charge < -0.3 is 4.74 Å². The second-order valence-electron chi connectivity index (χ2n) is 4.03. The molecule has 80 valence electrons. The molecule has 0 aliphatic heterocycles. The van der Waals surface area contributed by atoms with Crippen LogP contribution in [0.5, 0.6) is 0 Å². The molecule has 0 radical (unpaired) electrons. The van der Waals surface area contributed by atoms with E-state index >= 15 is 0 Å². The van der Waals surface area contributed by atoms with Gasteiger partial charge in [-0.25, -0.2) is 0 Å². The van der Waals surface area contributed by atoms with Gasteiger partial charge in [0.05, 0.1) is 12.2 Å². The van der Waals surface area contributed by atoms with E-state index in [9.17, 15) is 0 Å². The van der Waals surface area contributed by atoms with Crippen molar-refractivity contribution in [1.29, 1.82) is 0 Å². The number of hydrogen-bond donors (Lipinski definition) is 0. The fraction of sp³-hybridized carbons (Fsp3) is 1.00. The van der Waals surface area contributed by atoms with Gasteiger partial charge in [-0.3, -0.25) is 0 Å². The van der Waals surface area contributed by atoms with Crippen molar-refractivity contribution in [1.82, 2.24) is 0 Å². The molecule has 2 saturated carbocycles. The molecule has 0 heterocycles. The van der Waals surface area contributed by atoms with Crippen LogP contribution in [0.4, 0.5) is 0 Å². The first-order chi connectivity index (χ1) is 6.86. The molecule has 2 fully saturated rings. The van der Waals surface area contributed by atoms with Crippen molar-refractivity contribution in [3.8, 4) is 0 Å². The van der Waals surface area contributed by atoms with Crippen LogP contribution in [0.3, 0.4) is 0 Å². The van der Waals surface area contributed by atoms with Gasteiger partial charge in [-0.05, 0) is 25.7 Å². The first-order valence-corrected chi connectivity index (χ1v) is 6.79. The van der Waals surface area contributed by atoms with E-state index in [1.54, 1.807) is 0 Å². The molecule has 0 unspecified atom stereocenters. The number of hydrogen-bond acceptors (Lipinski definition) is 3. The van der Waals surface area contributed by atoms with Gasteiger partial charge >= 0.3 is 25.7 Å². The average molecular weight is 234 g/mol. The van der Waals surface area contributed by atoms with E-state index in [0.717, 1.165) is 0 Å². The van der Waals surface area contributed by atoms with Crippen LogP contribution in [0.25, 0.3) is 0 Å². The predicted molar refractivity (Wildman–Crippen MR) is 47.0 cm³/mol. The molecule has 2 rings (SSSR count). The molecule has 0 aromatic carbocycles. The van der Waals surface area contributed by atoms with E-state index in [-0.39, 0.29) is 0 Å². The van der Waals surface area contributed by atoms with Gasteiger partial charge in [-0.15, -0.1) is 0 Å². The van der Waals surface area contributed by atoms with E-state index in [1.165, 1.54) is 51.4 Å². The molecule has 3 nitrogen and oxygen atoms in total. The Morgan fingerprint density at radius 3 is 1.36 bits per heavy atom. The molecule has 0 spiro atoms. The summed E-state index contributed by atoms with van der Waals surface area (Å²) in [5, 5.41) is 0. The Bertz CT molecular complexity index is 164. The zero-order valence-corrected chi connectivity index (χ0v) is 10.1. The first kappa shape index (κ1) is 12.3. The minimum absolute atomic E-state index is 0.637. The molecular formula is C10H18O3Ti. The van der Waals surface area contributed by atoms with Crippen molar-refractivity contribution >= 4 is 0 Å². The van der Waals surface area contributed by atoms with Gasteiger partial charge in [0.15, 0.2) is 0 Å². The third kappa shape index (κ3) is 4.67. The van der Waals surface area contributed by atoms with Crippen LogP contribution < -0.4 is 0 Å². The standard InChI is InChI=1S/C10H18O.2O.Ti/c1-2-6-9(5-1)11-10-7-3-4-8-10;;;/h9-10H,1-8H2;;;. The summed E-state index contributed by atoms with van der Waals surface area (Å²) >= 11 is -2.00. The molecule has 0 amide bonds. The van der Waals surface area contributed by atoms with Crippen molar-refractivity contribution < 1.29 is 30.5 Å². The molecule has 0 bridgehead atoms. The molecule has 0 saturated heterocycles. The van der Waals surface area contributed by atoms with Crippen LogP contribution in [-0.4, -0.2) is 12.2 Å². The van der Waals surface area contributed by atoms with Crippen molar-refractivity contribution in [2.75, 3.05) is 0 Å². The van der Waals surface area contributed by atoms with Gasteiger partial charge in [-0.2, -0.15) is 0 Å². The van der Waals surface area contributed by atoms with Crippen molar-refractivity contribution in [2.45, 2.75) is 63.6 Å². The van der Waals surface area contributed by atoms with E-state index in [1.807, 2.05) is 0 Å². The van der Waals surface area contributed by atoms with Gasteiger partial charge in [0.1, 0.15) is 0 Å². The van der Waals surface area contributed by atoms with Crippen molar-refractivity contribution in [3.63, 3.8) is 0 Å². The SMILES string of the molecule is C1CCC(OC2CCCC2)C1.[O]=[Ti]=[O]. The fourth-order valence-electron chi connectivity index (χ4n) is 2.32. The Balaban J connectivity index is 0.000000293. The molecule has 2 aliphatic carbocycles. The summed E-state index contributed by atoms with van der Waals surface area (Å²) in [6.07, 6.45) is 12.2. The van der Waals surface area contributed by atoms with E-state index in [0.29, 0.717) is 12.2 Å². The summed E-state index contributed by atoms with van der Waals surface area (Å²) < 4.78 is 23.0. The third-order valence-electron chi connectivity index (χ3n) is 2.99. The Labute approximate surface area is 94.2 Å². The number of rotatable bonds is 2. The molecule has 0 aromatic rings. The predicted octanol–water partition coefficient (Wildman–Crippen LogP) is 2.65. The zero-order valence-electron chi connectivity index (χ0n) is 8.54. The summed E-state index contributed by atoms with van der Waals surface area (Å²) in [6, 6.07) is 0. The van der Waals surface area contributed by atoms with Crippen molar-refractivity contribution in [2.24, 2.45) is 0 Å². The number of ether oxygens (including phenoxy) is 1. The summed E-state index contributed by atoms with van der Waals surface area (Å²) in [5.74, 6) is 0. The summed E-state index contributed by atoms with van der Waals surface area (Å²) in [4.78, 5) is 0. The van der Waals surface area contributed by atoms with E-state index in [2.05, 4.69) is 0 Å². The monoisotopic (exact) mass is 234 g/mol. The first-order valence-electron chi connectivity index (χ1n) is 5.51. The van der Waals surface area contributed by atoms with Crippen LogP contribution in [0, 0.1) is 0 Å². The minimum atomic E-state index is -2.00. The van der Waals surface area contributed by atoms with Crippen LogP contribution in [0.2, 0.25) is 0 Å². The average Bonchev–Trinajstić information content (AvgIpc) is 2.79. The Morgan fingerprint density at radius 1 is 0.786 bits per heavy atom. The fourth-order valence-corrected chi connectivity index (χ4v) is 2.32. The Kier molecular flexibility index (Phi) is 6.66. The summed E-state index contributed by atoms with van der Waals surface area (Å²) in [6.45, 7) is 0. The topological polar surface area (TPSA) is 43.4 Å². The quantitative estimate of drug-likeness (QED) is 0.690. The molecular weight excluding hydrogens is 216 g/mol. The molecule has 0 N–H and O–H groups in total. The van der Waals surface area contributed by atoms with Crippen LogP contribution in [-0.2, 0) is 30.5 Å². The van der Waals surface area contributed by atoms with Gasteiger partial charge in [0, 0.05) is 0 Å². The second-order valence-corrected chi connectivity index (χ2v) is 4.29. The molecule has 0 aromatic heterocycles. The molecule has 14 heavy (non-hydrogen) atoms. The van der Waals surface area contributed by atoms with Gasteiger partial charge in [0.2, 0.25) is 0 Å². The van der Waals surface area contributed by atoms with E-state index < -0.39 is 19.1 Å². The summed E-state index contributed by atoms with van der Waals surface area (Å²) in [7, 11) is 0. The van der Waals surface area contributed by atoms with Crippen molar-refractivity contribution in [3.05, 3.63) is 0 Å². The van der Waals surface area contributed by atoms with Crippen LogP contribution >= 0.6 is 0 Å². The zero-order chi connectivity index (χ0) is 10.2. The van der Waals surface area contributed by atoms with Crippen LogP contribution in [0.15, 0.2) is 0 Å². The maximum absolute atomic E-state index is 8.50. The Hall–Kier alpha value is 0.274.